The average Bonchev–Trinajstić information content (AvgIpc) is 3.10. The Balaban J connectivity index is 1.96. The van der Waals surface area contributed by atoms with Crippen LogP contribution in [0.1, 0.15) is 31.0 Å². The standard InChI is InChI=1S/C25H23Cl2N3O4S/c1-5-34-24(33)20-13(2)28-25-30(21(20)14-6-8-17(9-7-14)29(3)4)23(32)19(35-25)11-15-10-16(26)12-18(27)22(15)31/h6-12,21,31H,5H2,1-4H3. The van der Waals surface area contributed by atoms with Crippen LogP contribution in [0.3, 0.4) is 0 Å². The van der Waals surface area contributed by atoms with E-state index in [0.29, 0.717) is 31.2 Å². The molecule has 0 aliphatic carbocycles. The number of aromatic nitrogens is 1. The number of allylic oxidation sites excluding steroid dienone is 1. The number of esters is 1. The predicted molar refractivity (Wildman–Crippen MR) is 139 cm³/mol. The van der Waals surface area contributed by atoms with Gasteiger partial charge in [0, 0.05) is 30.4 Å². The number of fused-ring (bicyclic) bond motifs is 1. The smallest absolute Gasteiger partial charge is 0.338 e. The van der Waals surface area contributed by atoms with E-state index in [1.54, 1.807) is 13.8 Å². The van der Waals surface area contributed by atoms with Crippen LogP contribution in [0.2, 0.25) is 10.0 Å². The molecule has 35 heavy (non-hydrogen) atoms. The summed E-state index contributed by atoms with van der Waals surface area (Å²) in [6.45, 7) is 3.65. The zero-order valence-corrected chi connectivity index (χ0v) is 21.8. The molecule has 0 amide bonds. The molecule has 1 unspecified atom stereocenters. The molecule has 0 fully saturated rings. The van der Waals surface area contributed by atoms with Gasteiger partial charge in [-0.1, -0.05) is 46.7 Å². The van der Waals surface area contributed by atoms with Gasteiger partial charge in [-0.25, -0.2) is 9.79 Å². The molecule has 4 rings (SSSR count). The molecule has 1 aliphatic heterocycles. The molecule has 1 aromatic heterocycles. The number of ether oxygens (including phenoxy) is 1. The molecule has 1 aliphatic rings. The molecule has 0 saturated carbocycles. The molecule has 0 radical (unpaired) electrons. The van der Waals surface area contributed by atoms with E-state index >= 15 is 0 Å². The fourth-order valence-electron chi connectivity index (χ4n) is 3.90. The van der Waals surface area contributed by atoms with E-state index in [2.05, 4.69) is 4.99 Å². The summed E-state index contributed by atoms with van der Waals surface area (Å²) in [5.74, 6) is -0.704. The summed E-state index contributed by atoms with van der Waals surface area (Å²) in [7, 11) is 3.87. The van der Waals surface area contributed by atoms with Crippen molar-refractivity contribution in [2.45, 2.75) is 19.9 Å². The zero-order valence-electron chi connectivity index (χ0n) is 19.5. The Kier molecular flexibility index (Phi) is 7.07. The molecular weight excluding hydrogens is 509 g/mol. The first-order valence-corrected chi connectivity index (χ1v) is 12.3. The van der Waals surface area contributed by atoms with E-state index in [9.17, 15) is 14.7 Å². The van der Waals surface area contributed by atoms with Crippen LogP contribution >= 0.6 is 34.5 Å². The molecule has 1 N–H and O–H groups in total. The Morgan fingerprint density at radius 2 is 1.94 bits per heavy atom. The van der Waals surface area contributed by atoms with Crippen LogP contribution in [0.25, 0.3) is 6.08 Å². The number of carbonyl (C=O) groups excluding carboxylic acids is 1. The van der Waals surface area contributed by atoms with Crippen LogP contribution in [0.4, 0.5) is 5.69 Å². The summed E-state index contributed by atoms with van der Waals surface area (Å²) < 4.78 is 7.12. The first-order valence-electron chi connectivity index (χ1n) is 10.8. The number of aromatic hydroxyl groups is 1. The van der Waals surface area contributed by atoms with Crippen molar-refractivity contribution in [2.24, 2.45) is 4.99 Å². The maximum Gasteiger partial charge on any atom is 0.338 e. The maximum absolute atomic E-state index is 13.6. The molecule has 1 atom stereocenters. The van der Waals surface area contributed by atoms with Gasteiger partial charge in [0.2, 0.25) is 0 Å². The largest absolute Gasteiger partial charge is 0.506 e. The van der Waals surface area contributed by atoms with Crippen LogP contribution in [-0.2, 0) is 9.53 Å². The number of phenolic OH excluding ortho intramolecular Hbond substituents is 1. The molecule has 182 valence electrons. The second-order valence-electron chi connectivity index (χ2n) is 8.11. The average molecular weight is 532 g/mol. The van der Waals surface area contributed by atoms with E-state index in [-0.39, 0.29) is 22.9 Å². The number of hydrogen-bond donors (Lipinski definition) is 1. The van der Waals surface area contributed by atoms with Crippen LogP contribution < -0.4 is 19.8 Å². The van der Waals surface area contributed by atoms with Gasteiger partial charge in [-0.15, -0.1) is 0 Å². The highest BCUT2D eigenvalue weighted by molar-refractivity contribution is 7.07. The minimum Gasteiger partial charge on any atom is -0.506 e. The summed E-state index contributed by atoms with van der Waals surface area (Å²) in [6, 6.07) is 9.84. The lowest BCUT2D eigenvalue weighted by molar-refractivity contribution is -0.139. The number of phenols is 1. The van der Waals surface area contributed by atoms with E-state index in [4.69, 9.17) is 27.9 Å². The van der Waals surface area contributed by atoms with Crippen molar-refractivity contribution in [1.82, 2.24) is 4.57 Å². The predicted octanol–water partition coefficient (Wildman–Crippen LogP) is 3.88. The SMILES string of the molecule is CCOC(=O)C1=C(C)N=c2sc(=Cc3cc(Cl)cc(Cl)c3O)c(=O)n2C1c1ccc(N(C)C)cc1. The quantitative estimate of drug-likeness (QED) is 0.505. The lowest BCUT2D eigenvalue weighted by Crippen LogP contribution is -2.39. The second kappa shape index (κ2) is 9.89. The number of nitrogens with zero attached hydrogens (tertiary/aromatic N) is 3. The zero-order chi connectivity index (χ0) is 25.4. The van der Waals surface area contributed by atoms with E-state index < -0.39 is 12.0 Å². The number of anilines is 1. The van der Waals surface area contributed by atoms with Gasteiger partial charge in [0.1, 0.15) is 5.75 Å². The van der Waals surface area contributed by atoms with Crippen molar-refractivity contribution in [1.29, 1.82) is 0 Å². The summed E-state index contributed by atoms with van der Waals surface area (Å²) in [5.41, 5.74) is 2.45. The highest BCUT2D eigenvalue weighted by Crippen LogP contribution is 2.33. The maximum atomic E-state index is 13.6. The van der Waals surface area contributed by atoms with Crippen LogP contribution in [0.15, 0.2) is 57.5 Å². The highest BCUT2D eigenvalue weighted by Gasteiger charge is 2.33. The van der Waals surface area contributed by atoms with Gasteiger partial charge in [0.05, 0.1) is 33.5 Å². The number of rotatable bonds is 5. The van der Waals surface area contributed by atoms with Crippen LogP contribution in [-0.4, -0.2) is 36.3 Å². The second-order valence-corrected chi connectivity index (χ2v) is 9.97. The Morgan fingerprint density at radius 3 is 2.57 bits per heavy atom. The monoisotopic (exact) mass is 531 g/mol. The van der Waals surface area contributed by atoms with E-state index in [0.717, 1.165) is 22.6 Å². The van der Waals surface area contributed by atoms with Gasteiger partial charge in [-0.05, 0) is 49.8 Å². The summed E-state index contributed by atoms with van der Waals surface area (Å²) in [5, 5.41) is 10.8. The minimum absolute atomic E-state index is 0.0795. The number of halogens is 2. The van der Waals surface area contributed by atoms with Gasteiger partial charge in [0.25, 0.3) is 5.56 Å². The molecular formula is C25H23Cl2N3O4S. The molecule has 3 aromatic rings. The lowest BCUT2D eigenvalue weighted by atomic mass is 9.95. The third kappa shape index (κ3) is 4.74. The highest BCUT2D eigenvalue weighted by atomic mass is 35.5. The number of thiazole rings is 1. The molecule has 7 nitrogen and oxygen atoms in total. The van der Waals surface area contributed by atoms with Crippen LogP contribution in [0.5, 0.6) is 5.75 Å². The van der Waals surface area contributed by atoms with Crippen molar-refractivity contribution < 1.29 is 14.6 Å². The molecule has 0 bridgehead atoms. The summed E-state index contributed by atoms with van der Waals surface area (Å²) >= 11 is 13.3. The van der Waals surface area contributed by atoms with Crippen molar-refractivity contribution in [3.05, 3.63) is 88.5 Å². The Hall–Kier alpha value is -3.07. The van der Waals surface area contributed by atoms with Crippen molar-refractivity contribution in [3.8, 4) is 5.75 Å². The third-order valence-corrected chi connectivity index (χ3v) is 7.08. The molecule has 2 aromatic carbocycles. The minimum atomic E-state index is -0.722. The van der Waals surface area contributed by atoms with Crippen molar-refractivity contribution in [2.75, 3.05) is 25.6 Å². The van der Waals surface area contributed by atoms with Crippen molar-refractivity contribution >= 4 is 52.3 Å². The number of carbonyl (C=O) groups is 1. The van der Waals surface area contributed by atoms with Gasteiger partial charge in [0.15, 0.2) is 4.80 Å². The van der Waals surface area contributed by atoms with Crippen LogP contribution in [0, 0.1) is 0 Å². The van der Waals surface area contributed by atoms with E-state index in [1.165, 1.54) is 22.8 Å². The van der Waals surface area contributed by atoms with Gasteiger partial charge < -0.3 is 14.7 Å². The topological polar surface area (TPSA) is 84.1 Å². The normalized spacial score (nSPS) is 15.6. The van der Waals surface area contributed by atoms with Crippen molar-refractivity contribution in [3.63, 3.8) is 0 Å². The Morgan fingerprint density at radius 1 is 1.26 bits per heavy atom. The fourth-order valence-corrected chi connectivity index (χ4v) is 5.45. The first-order chi connectivity index (χ1) is 16.6. The molecule has 10 heteroatoms. The van der Waals surface area contributed by atoms with Gasteiger partial charge in [-0.3, -0.25) is 9.36 Å². The summed E-state index contributed by atoms with van der Waals surface area (Å²) in [6.07, 6.45) is 1.52. The van der Waals surface area contributed by atoms with E-state index in [1.807, 2.05) is 43.3 Å². The van der Waals surface area contributed by atoms with Gasteiger partial charge >= 0.3 is 5.97 Å². The molecule has 0 saturated heterocycles. The van der Waals surface area contributed by atoms with Gasteiger partial charge in [-0.2, -0.15) is 0 Å². The number of benzene rings is 2. The Bertz CT molecular complexity index is 1520. The fraction of sp³-hybridized carbons (Fsp3) is 0.240. The first kappa shape index (κ1) is 25.0. The molecule has 2 heterocycles. The summed E-state index contributed by atoms with van der Waals surface area (Å²) in [4.78, 5) is 33.6. The molecule has 0 spiro atoms. The third-order valence-electron chi connectivity index (χ3n) is 5.59. The number of hydrogen-bond acceptors (Lipinski definition) is 7. The lowest BCUT2D eigenvalue weighted by Gasteiger charge is -2.25. The Labute approximate surface area is 215 Å².